The molecule has 1 heterocycles. The van der Waals surface area contributed by atoms with Crippen LogP contribution in [0.2, 0.25) is 0 Å². The van der Waals surface area contributed by atoms with Gasteiger partial charge in [0, 0.05) is 6.07 Å². The quantitative estimate of drug-likeness (QED) is 0.798. The number of halogens is 1. The molecule has 3 rings (SSSR count). The number of hydrogen-bond acceptors (Lipinski definition) is 4. The van der Waals surface area contributed by atoms with Gasteiger partial charge in [-0.3, -0.25) is 4.79 Å². The average Bonchev–Trinajstić information content (AvgIpc) is 2.53. The molecule has 1 aliphatic rings. The van der Waals surface area contributed by atoms with Gasteiger partial charge in [-0.15, -0.1) is 0 Å². The summed E-state index contributed by atoms with van der Waals surface area (Å²) < 4.78 is 23.7. The molecule has 0 radical (unpaired) electrons. The first-order valence-electron chi connectivity index (χ1n) is 6.76. The van der Waals surface area contributed by atoms with E-state index in [1.165, 1.54) is 25.3 Å². The van der Waals surface area contributed by atoms with Crippen LogP contribution < -0.4 is 4.74 Å². The fourth-order valence-corrected chi connectivity index (χ4v) is 2.47. The zero-order valence-corrected chi connectivity index (χ0v) is 11.8. The minimum Gasteiger partial charge on any atom is -0.484 e. The average molecular weight is 300 g/mol. The molecule has 0 aliphatic carbocycles. The maximum atomic E-state index is 13.3. The van der Waals surface area contributed by atoms with Gasteiger partial charge >= 0.3 is 5.97 Å². The number of esters is 1. The molecule has 2 aromatic rings. The van der Waals surface area contributed by atoms with Crippen LogP contribution in [0.5, 0.6) is 5.75 Å². The SMILES string of the molecule is COC(=O)c1cccc([C@H]2CC(=O)c3ccc(F)cc3O2)c1. The molecule has 0 bridgehead atoms. The second kappa shape index (κ2) is 5.60. The van der Waals surface area contributed by atoms with E-state index in [2.05, 4.69) is 4.74 Å². The first-order chi connectivity index (χ1) is 10.6. The van der Waals surface area contributed by atoms with Crippen LogP contribution in [0, 0.1) is 5.82 Å². The van der Waals surface area contributed by atoms with E-state index in [9.17, 15) is 14.0 Å². The molecular formula is C17H13FO4. The van der Waals surface area contributed by atoms with Gasteiger partial charge in [0.05, 0.1) is 24.7 Å². The molecule has 0 amide bonds. The molecule has 1 atom stereocenters. The highest BCUT2D eigenvalue weighted by Gasteiger charge is 2.28. The second-order valence-corrected chi connectivity index (χ2v) is 4.99. The number of ether oxygens (including phenoxy) is 2. The fourth-order valence-electron chi connectivity index (χ4n) is 2.47. The lowest BCUT2D eigenvalue weighted by Gasteiger charge is -2.25. The summed E-state index contributed by atoms with van der Waals surface area (Å²) in [6.07, 6.45) is -0.408. The van der Waals surface area contributed by atoms with Crippen molar-refractivity contribution in [2.75, 3.05) is 7.11 Å². The molecule has 4 nitrogen and oxygen atoms in total. The Morgan fingerprint density at radius 2 is 2.09 bits per heavy atom. The standard InChI is InChI=1S/C17H13FO4/c1-21-17(20)11-4-2-3-10(7-11)15-9-14(19)13-6-5-12(18)8-16(13)22-15/h2-8,15H,9H2,1H3/t15-/m1/s1. The van der Waals surface area contributed by atoms with Crippen LogP contribution in [0.1, 0.15) is 38.8 Å². The third-order valence-electron chi connectivity index (χ3n) is 3.56. The number of benzene rings is 2. The van der Waals surface area contributed by atoms with E-state index in [0.29, 0.717) is 16.7 Å². The fraction of sp³-hybridized carbons (Fsp3) is 0.176. The van der Waals surface area contributed by atoms with Crippen LogP contribution in [0.25, 0.3) is 0 Å². The summed E-state index contributed by atoms with van der Waals surface area (Å²) in [4.78, 5) is 23.7. The zero-order valence-electron chi connectivity index (χ0n) is 11.8. The smallest absolute Gasteiger partial charge is 0.337 e. The summed E-state index contributed by atoms with van der Waals surface area (Å²) in [5.41, 5.74) is 1.43. The molecule has 0 unspecified atom stereocenters. The maximum absolute atomic E-state index is 13.3. The molecule has 0 saturated carbocycles. The van der Waals surface area contributed by atoms with Gasteiger partial charge in [-0.25, -0.2) is 9.18 Å². The Morgan fingerprint density at radius 1 is 1.27 bits per heavy atom. The number of methoxy groups -OCH3 is 1. The topological polar surface area (TPSA) is 52.6 Å². The molecule has 0 N–H and O–H groups in total. The number of hydrogen-bond donors (Lipinski definition) is 0. The van der Waals surface area contributed by atoms with Gasteiger partial charge in [0.2, 0.25) is 0 Å². The zero-order chi connectivity index (χ0) is 15.7. The van der Waals surface area contributed by atoms with Gasteiger partial charge in [0.15, 0.2) is 5.78 Å². The molecule has 0 fully saturated rings. The predicted molar refractivity (Wildman–Crippen MR) is 76.5 cm³/mol. The third kappa shape index (κ3) is 2.57. The van der Waals surface area contributed by atoms with Gasteiger partial charge in [-0.2, -0.15) is 0 Å². The van der Waals surface area contributed by atoms with E-state index in [0.717, 1.165) is 0 Å². The Bertz CT molecular complexity index is 754. The number of carbonyl (C=O) groups is 2. The van der Waals surface area contributed by atoms with Crippen molar-refractivity contribution in [3.05, 3.63) is 65.0 Å². The van der Waals surface area contributed by atoms with Crippen molar-refractivity contribution in [3.8, 4) is 5.75 Å². The first kappa shape index (κ1) is 14.3. The van der Waals surface area contributed by atoms with Gasteiger partial charge < -0.3 is 9.47 Å². The Balaban J connectivity index is 1.94. The van der Waals surface area contributed by atoms with Crippen molar-refractivity contribution in [2.45, 2.75) is 12.5 Å². The Morgan fingerprint density at radius 3 is 2.86 bits per heavy atom. The maximum Gasteiger partial charge on any atom is 0.337 e. The number of rotatable bonds is 2. The minimum atomic E-state index is -0.550. The van der Waals surface area contributed by atoms with Gasteiger partial charge in [0.25, 0.3) is 0 Å². The van der Waals surface area contributed by atoms with Gasteiger partial charge in [-0.05, 0) is 29.8 Å². The number of fused-ring (bicyclic) bond motifs is 1. The lowest BCUT2D eigenvalue weighted by molar-refractivity contribution is 0.0600. The van der Waals surface area contributed by atoms with E-state index in [4.69, 9.17) is 4.74 Å². The Labute approximate surface area is 126 Å². The van der Waals surface area contributed by atoms with Crippen molar-refractivity contribution in [1.82, 2.24) is 0 Å². The number of ketones is 1. The number of Topliss-reactive ketones (excluding diaryl/α,β-unsaturated/α-hetero) is 1. The van der Waals surface area contributed by atoms with E-state index in [-0.39, 0.29) is 18.0 Å². The van der Waals surface area contributed by atoms with Crippen molar-refractivity contribution in [3.63, 3.8) is 0 Å². The highest BCUT2D eigenvalue weighted by atomic mass is 19.1. The lowest BCUT2D eigenvalue weighted by Crippen LogP contribution is -2.20. The molecule has 5 heteroatoms. The molecule has 22 heavy (non-hydrogen) atoms. The summed E-state index contributed by atoms with van der Waals surface area (Å²) in [6.45, 7) is 0. The molecule has 0 aromatic heterocycles. The van der Waals surface area contributed by atoms with Crippen LogP contribution in [0.3, 0.4) is 0 Å². The first-order valence-corrected chi connectivity index (χ1v) is 6.76. The summed E-state index contributed by atoms with van der Waals surface area (Å²) in [5.74, 6) is -0.814. The summed E-state index contributed by atoms with van der Waals surface area (Å²) >= 11 is 0. The van der Waals surface area contributed by atoms with E-state index < -0.39 is 17.9 Å². The Kier molecular flexibility index (Phi) is 3.63. The van der Waals surface area contributed by atoms with E-state index in [1.807, 2.05) is 0 Å². The van der Waals surface area contributed by atoms with Crippen LogP contribution in [0.4, 0.5) is 4.39 Å². The number of carbonyl (C=O) groups excluding carboxylic acids is 2. The van der Waals surface area contributed by atoms with Crippen molar-refractivity contribution < 1.29 is 23.5 Å². The third-order valence-corrected chi connectivity index (χ3v) is 3.56. The van der Waals surface area contributed by atoms with Gasteiger partial charge in [0.1, 0.15) is 17.7 Å². The molecule has 0 spiro atoms. The van der Waals surface area contributed by atoms with Crippen LogP contribution >= 0.6 is 0 Å². The largest absolute Gasteiger partial charge is 0.484 e. The summed E-state index contributed by atoms with van der Waals surface area (Å²) in [7, 11) is 1.30. The van der Waals surface area contributed by atoms with Crippen LogP contribution in [0.15, 0.2) is 42.5 Å². The predicted octanol–water partition coefficient (Wildman–Crippen LogP) is 3.32. The molecule has 2 aromatic carbocycles. The second-order valence-electron chi connectivity index (χ2n) is 4.99. The highest BCUT2D eigenvalue weighted by molar-refractivity contribution is 6.00. The molecule has 112 valence electrons. The normalized spacial score (nSPS) is 16.6. The monoisotopic (exact) mass is 300 g/mol. The van der Waals surface area contributed by atoms with Gasteiger partial charge in [-0.1, -0.05) is 12.1 Å². The minimum absolute atomic E-state index is 0.116. The highest BCUT2D eigenvalue weighted by Crippen LogP contribution is 2.35. The molecule has 0 saturated heterocycles. The van der Waals surface area contributed by atoms with Crippen molar-refractivity contribution in [2.24, 2.45) is 0 Å². The van der Waals surface area contributed by atoms with E-state index in [1.54, 1.807) is 24.3 Å². The van der Waals surface area contributed by atoms with Crippen molar-refractivity contribution >= 4 is 11.8 Å². The van der Waals surface area contributed by atoms with Crippen LogP contribution in [-0.2, 0) is 4.74 Å². The van der Waals surface area contributed by atoms with Crippen molar-refractivity contribution in [1.29, 1.82) is 0 Å². The molecule has 1 aliphatic heterocycles. The van der Waals surface area contributed by atoms with E-state index >= 15 is 0 Å². The summed E-state index contributed by atoms with van der Waals surface area (Å²) in [6, 6.07) is 10.5. The van der Waals surface area contributed by atoms with Crippen LogP contribution in [-0.4, -0.2) is 18.9 Å². The summed E-state index contributed by atoms with van der Waals surface area (Å²) in [5, 5.41) is 0. The Hall–Kier alpha value is -2.69. The molecular weight excluding hydrogens is 287 g/mol. The lowest BCUT2D eigenvalue weighted by atomic mass is 9.95.